The van der Waals surface area contributed by atoms with Crippen LogP contribution in [0.1, 0.15) is 18.6 Å². The van der Waals surface area contributed by atoms with E-state index in [-0.39, 0.29) is 0 Å². The highest BCUT2D eigenvalue weighted by atomic mass is 15.3. The molecule has 0 bridgehead atoms. The molecule has 0 aliphatic rings. The first-order valence-electron chi connectivity index (χ1n) is 5.88. The molecule has 1 aromatic carbocycles. The molecule has 0 fully saturated rings. The molecule has 17 heavy (non-hydrogen) atoms. The van der Waals surface area contributed by atoms with Gasteiger partial charge in [-0.3, -0.25) is 4.57 Å². The molecule has 1 unspecified atom stereocenters. The summed E-state index contributed by atoms with van der Waals surface area (Å²) in [6, 6.07) is 10.2. The van der Waals surface area contributed by atoms with E-state index in [1.165, 1.54) is 0 Å². The van der Waals surface area contributed by atoms with Gasteiger partial charge in [-0.1, -0.05) is 25.1 Å². The van der Waals surface area contributed by atoms with Gasteiger partial charge in [0.1, 0.15) is 11.6 Å². The molecule has 4 nitrogen and oxygen atoms in total. The molecule has 1 aromatic heterocycles. The van der Waals surface area contributed by atoms with E-state index in [1.54, 1.807) is 0 Å². The molecule has 1 heterocycles. The van der Waals surface area contributed by atoms with Gasteiger partial charge in [-0.25, -0.2) is 0 Å². The van der Waals surface area contributed by atoms with Crippen molar-refractivity contribution in [1.29, 1.82) is 0 Å². The van der Waals surface area contributed by atoms with Crippen LogP contribution in [-0.4, -0.2) is 21.3 Å². The minimum absolute atomic E-state index is 0.418. The lowest BCUT2D eigenvalue weighted by atomic mass is 10.1. The van der Waals surface area contributed by atoms with E-state index >= 15 is 0 Å². The van der Waals surface area contributed by atoms with Crippen molar-refractivity contribution in [2.75, 3.05) is 6.54 Å². The third-order valence-electron chi connectivity index (χ3n) is 2.84. The highest BCUT2D eigenvalue weighted by Crippen LogP contribution is 2.14. The van der Waals surface area contributed by atoms with Gasteiger partial charge in [0.25, 0.3) is 0 Å². The molecule has 0 spiro atoms. The van der Waals surface area contributed by atoms with Crippen LogP contribution < -0.4 is 5.73 Å². The second kappa shape index (κ2) is 5.10. The number of benzene rings is 1. The van der Waals surface area contributed by atoms with Gasteiger partial charge >= 0.3 is 0 Å². The van der Waals surface area contributed by atoms with Crippen molar-refractivity contribution in [3.8, 4) is 5.69 Å². The molecular weight excluding hydrogens is 212 g/mol. The predicted octanol–water partition coefficient (Wildman–Crippen LogP) is 1.71. The summed E-state index contributed by atoms with van der Waals surface area (Å²) in [5, 5.41) is 8.39. The lowest BCUT2D eigenvalue weighted by Crippen LogP contribution is -2.16. The Hall–Kier alpha value is -1.68. The van der Waals surface area contributed by atoms with Gasteiger partial charge < -0.3 is 5.73 Å². The standard InChI is InChI=1S/C13H18N4/c1-10(9-14)8-13-16-15-11(2)17(13)12-6-4-3-5-7-12/h3-7,10H,8-9,14H2,1-2H3. The van der Waals surface area contributed by atoms with E-state index in [9.17, 15) is 0 Å². The van der Waals surface area contributed by atoms with E-state index in [1.807, 2.05) is 25.1 Å². The maximum Gasteiger partial charge on any atom is 0.137 e. The summed E-state index contributed by atoms with van der Waals surface area (Å²) in [4.78, 5) is 0. The van der Waals surface area contributed by atoms with E-state index < -0.39 is 0 Å². The molecular formula is C13H18N4. The molecule has 4 heteroatoms. The molecule has 90 valence electrons. The summed E-state index contributed by atoms with van der Waals surface area (Å²) in [6.07, 6.45) is 0.853. The van der Waals surface area contributed by atoms with Crippen LogP contribution >= 0.6 is 0 Å². The Labute approximate surface area is 101 Å². The number of hydrogen-bond acceptors (Lipinski definition) is 3. The van der Waals surface area contributed by atoms with Gasteiger partial charge in [-0.2, -0.15) is 0 Å². The molecule has 2 rings (SSSR count). The van der Waals surface area contributed by atoms with Gasteiger partial charge in [0.15, 0.2) is 0 Å². The number of para-hydroxylation sites is 1. The van der Waals surface area contributed by atoms with Gasteiger partial charge in [0.2, 0.25) is 0 Å². The topological polar surface area (TPSA) is 56.7 Å². The maximum atomic E-state index is 5.66. The van der Waals surface area contributed by atoms with Crippen LogP contribution in [0.2, 0.25) is 0 Å². The maximum absolute atomic E-state index is 5.66. The fourth-order valence-corrected chi connectivity index (χ4v) is 1.85. The van der Waals surface area contributed by atoms with Crippen molar-refractivity contribution in [1.82, 2.24) is 14.8 Å². The van der Waals surface area contributed by atoms with Gasteiger partial charge in [0.05, 0.1) is 0 Å². The van der Waals surface area contributed by atoms with Crippen LogP contribution in [-0.2, 0) is 6.42 Å². The van der Waals surface area contributed by atoms with Gasteiger partial charge in [-0.05, 0) is 31.5 Å². The number of rotatable bonds is 4. The fourth-order valence-electron chi connectivity index (χ4n) is 1.85. The van der Waals surface area contributed by atoms with E-state index in [4.69, 9.17) is 5.73 Å². The van der Waals surface area contributed by atoms with E-state index in [2.05, 4.69) is 33.8 Å². The zero-order valence-corrected chi connectivity index (χ0v) is 10.3. The van der Waals surface area contributed by atoms with Crippen molar-refractivity contribution in [2.24, 2.45) is 11.7 Å². The third kappa shape index (κ3) is 2.53. The van der Waals surface area contributed by atoms with E-state index in [0.717, 1.165) is 23.8 Å². The lowest BCUT2D eigenvalue weighted by Gasteiger charge is -2.11. The molecule has 0 amide bonds. The summed E-state index contributed by atoms with van der Waals surface area (Å²) in [6.45, 7) is 4.76. The zero-order valence-electron chi connectivity index (χ0n) is 10.3. The summed E-state index contributed by atoms with van der Waals surface area (Å²) in [5.41, 5.74) is 6.76. The van der Waals surface area contributed by atoms with E-state index in [0.29, 0.717) is 12.5 Å². The molecule has 0 saturated heterocycles. The zero-order chi connectivity index (χ0) is 12.3. The Bertz CT molecular complexity index is 475. The predicted molar refractivity (Wildman–Crippen MR) is 68.0 cm³/mol. The molecule has 0 aliphatic carbocycles. The summed E-state index contributed by atoms with van der Waals surface area (Å²) < 4.78 is 2.09. The summed E-state index contributed by atoms with van der Waals surface area (Å²) in [7, 11) is 0. The summed E-state index contributed by atoms with van der Waals surface area (Å²) >= 11 is 0. The smallest absolute Gasteiger partial charge is 0.137 e. The van der Waals surface area contributed by atoms with Crippen LogP contribution in [0.3, 0.4) is 0 Å². The second-order valence-corrected chi connectivity index (χ2v) is 4.38. The number of hydrogen-bond donors (Lipinski definition) is 1. The highest BCUT2D eigenvalue weighted by molar-refractivity contribution is 5.33. The molecule has 2 aromatic rings. The molecule has 0 aliphatic heterocycles. The Morgan fingerprint density at radius 2 is 1.94 bits per heavy atom. The summed E-state index contributed by atoms with van der Waals surface area (Å²) in [5.74, 6) is 2.31. The van der Waals surface area contributed by atoms with Crippen molar-refractivity contribution in [3.05, 3.63) is 42.0 Å². The fraction of sp³-hybridized carbons (Fsp3) is 0.385. The normalized spacial score (nSPS) is 12.6. The number of nitrogens with zero attached hydrogens (tertiary/aromatic N) is 3. The average Bonchev–Trinajstić information content (AvgIpc) is 2.71. The highest BCUT2D eigenvalue weighted by Gasteiger charge is 2.12. The van der Waals surface area contributed by atoms with Crippen molar-refractivity contribution in [2.45, 2.75) is 20.3 Å². The van der Waals surface area contributed by atoms with Crippen molar-refractivity contribution in [3.63, 3.8) is 0 Å². The van der Waals surface area contributed by atoms with Crippen LogP contribution in [0.25, 0.3) is 5.69 Å². The SMILES string of the molecule is Cc1nnc(CC(C)CN)n1-c1ccccc1. The quantitative estimate of drug-likeness (QED) is 0.870. The van der Waals surface area contributed by atoms with Crippen molar-refractivity contribution >= 4 is 0 Å². The third-order valence-corrected chi connectivity index (χ3v) is 2.84. The first kappa shape index (κ1) is 11.8. The van der Waals surface area contributed by atoms with Gasteiger partial charge in [-0.15, -0.1) is 10.2 Å². The first-order valence-corrected chi connectivity index (χ1v) is 5.88. The largest absolute Gasteiger partial charge is 0.330 e. The minimum atomic E-state index is 0.418. The van der Waals surface area contributed by atoms with Crippen LogP contribution in [0.5, 0.6) is 0 Å². The van der Waals surface area contributed by atoms with Gasteiger partial charge in [0, 0.05) is 12.1 Å². The Morgan fingerprint density at radius 1 is 1.24 bits per heavy atom. The molecule has 1 atom stereocenters. The number of nitrogens with two attached hydrogens (primary N) is 1. The monoisotopic (exact) mass is 230 g/mol. The first-order chi connectivity index (χ1) is 8.22. The number of aromatic nitrogens is 3. The average molecular weight is 230 g/mol. The molecule has 0 radical (unpaired) electrons. The lowest BCUT2D eigenvalue weighted by molar-refractivity contribution is 0.566. The second-order valence-electron chi connectivity index (χ2n) is 4.38. The minimum Gasteiger partial charge on any atom is -0.330 e. The number of aryl methyl sites for hydroxylation is 1. The Kier molecular flexibility index (Phi) is 3.54. The Balaban J connectivity index is 2.36. The van der Waals surface area contributed by atoms with Crippen LogP contribution in [0.4, 0.5) is 0 Å². The molecule has 0 saturated carbocycles. The Morgan fingerprint density at radius 3 is 2.59 bits per heavy atom. The molecule has 2 N–H and O–H groups in total. The van der Waals surface area contributed by atoms with Crippen molar-refractivity contribution < 1.29 is 0 Å². The van der Waals surface area contributed by atoms with Crippen LogP contribution in [0, 0.1) is 12.8 Å². The van der Waals surface area contributed by atoms with Crippen LogP contribution in [0.15, 0.2) is 30.3 Å².